The lowest BCUT2D eigenvalue weighted by Crippen LogP contribution is -2.16. The Balaban J connectivity index is 1.98. The summed E-state index contributed by atoms with van der Waals surface area (Å²) in [6.45, 7) is 5.89. The van der Waals surface area contributed by atoms with Crippen molar-refractivity contribution in [3.8, 4) is 5.75 Å². The maximum atomic E-state index is 11.7. The predicted molar refractivity (Wildman–Crippen MR) is 77.9 cm³/mol. The summed E-state index contributed by atoms with van der Waals surface area (Å²) in [5.74, 6) is 0.343. The fraction of sp³-hybridized carbons (Fsp3) is 0.286. The number of hydrogen-bond donors (Lipinski definition) is 1. The first-order valence-corrected chi connectivity index (χ1v) is 6.46. The van der Waals surface area contributed by atoms with Gasteiger partial charge < -0.3 is 9.26 Å². The molecule has 0 radical (unpaired) electrons. The maximum absolute atomic E-state index is 11.7. The van der Waals surface area contributed by atoms with Gasteiger partial charge in [0.1, 0.15) is 5.75 Å². The number of amides is 1. The molecule has 8 nitrogen and oxygen atoms in total. The Kier molecular flexibility index (Phi) is 4.11. The summed E-state index contributed by atoms with van der Waals surface area (Å²) in [5, 5.41) is 16.8. The second kappa shape index (κ2) is 5.84. The number of aromatic nitrogens is 1. The standard InChI is InChI=1S/C14H15N3O5/c1-14(2,3)11-8-12(22-16-11)15-13(18)21-10-6-4-9(5-7-10)17(19)20/h4-8H,1-3H3,(H,15,18). The normalized spacial score (nSPS) is 11.0. The van der Waals surface area contributed by atoms with Crippen LogP contribution in [0.4, 0.5) is 16.4 Å². The third-order valence-corrected chi connectivity index (χ3v) is 2.76. The van der Waals surface area contributed by atoms with Crippen LogP contribution in [0.3, 0.4) is 0 Å². The third kappa shape index (κ3) is 3.81. The van der Waals surface area contributed by atoms with Crippen molar-refractivity contribution in [3.05, 3.63) is 46.1 Å². The van der Waals surface area contributed by atoms with E-state index in [2.05, 4.69) is 10.5 Å². The van der Waals surface area contributed by atoms with Gasteiger partial charge in [-0.05, 0) is 12.1 Å². The third-order valence-electron chi connectivity index (χ3n) is 2.76. The zero-order chi connectivity index (χ0) is 16.3. The molecule has 0 unspecified atom stereocenters. The second-order valence-electron chi connectivity index (χ2n) is 5.59. The smallest absolute Gasteiger partial charge is 0.410 e. The molecule has 0 aliphatic heterocycles. The molecule has 22 heavy (non-hydrogen) atoms. The topological polar surface area (TPSA) is 108 Å². The van der Waals surface area contributed by atoms with Crippen LogP contribution in [0.25, 0.3) is 0 Å². The van der Waals surface area contributed by atoms with Crippen LogP contribution in [0.5, 0.6) is 5.75 Å². The van der Waals surface area contributed by atoms with Crippen LogP contribution in [-0.2, 0) is 5.41 Å². The molecule has 0 saturated heterocycles. The van der Waals surface area contributed by atoms with E-state index in [4.69, 9.17) is 9.26 Å². The van der Waals surface area contributed by atoms with Crippen molar-refractivity contribution >= 4 is 17.7 Å². The van der Waals surface area contributed by atoms with E-state index < -0.39 is 11.0 Å². The van der Waals surface area contributed by atoms with Crippen LogP contribution in [0.15, 0.2) is 34.9 Å². The van der Waals surface area contributed by atoms with E-state index in [-0.39, 0.29) is 22.7 Å². The van der Waals surface area contributed by atoms with Crippen molar-refractivity contribution in [3.63, 3.8) is 0 Å². The maximum Gasteiger partial charge on any atom is 0.419 e. The summed E-state index contributed by atoms with van der Waals surface area (Å²) in [7, 11) is 0. The number of nitrogens with one attached hydrogen (secondary N) is 1. The minimum atomic E-state index is -0.773. The molecule has 116 valence electrons. The molecule has 0 spiro atoms. The number of nitro groups is 1. The van der Waals surface area contributed by atoms with E-state index >= 15 is 0 Å². The average molecular weight is 305 g/mol. The van der Waals surface area contributed by atoms with Crippen molar-refractivity contribution < 1.29 is 19.0 Å². The molecule has 1 aromatic heterocycles. The fourth-order valence-electron chi connectivity index (χ4n) is 1.56. The highest BCUT2D eigenvalue weighted by Gasteiger charge is 2.20. The van der Waals surface area contributed by atoms with Gasteiger partial charge in [-0.3, -0.25) is 15.4 Å². The number of nitrogens with zero attached hydrogens (tertiary/aromatic N) is 2. The predicted octanol–water partition coefficient (Wildman–Crippen LogP) is 3.49. The molecule has 1 heterocycles. The summed E-state index contributed by atoms with van der Waals surface area (Å²) in [4.78, 5) is 21.7. The highest BCUT2D eigenvalue weighted by Crippen LogP contribution is 2.24. The first kappa shape index (κ1) is 15.5. The molecule has 0 atom stereocenters. The highest BCUT2D eigenvalue weighted by atomic mass is 16.6. The Hall–Kier alpha value is -2.90. The summed E-state index contributed by atoms with van der Waals surface area (Å²) < 4.78 is 9.99. The molecule has 0 bridgehead atoms. The van der Waals surface area contributed by atoms with Crippen molar-refractivity contribution in [2.75, 3.05) is 5.32 Å². The number of hydrogen-bond acceptors (Lipinski definition) is 6. The van der Waals surface area contributed by atoms with Crippen LogP contribution in [0.2, 0.25) is 0 Å². The van der Waals surface area contributed by atoms with Crippen LogP contribution >= 0.6 is 0 Å². The zero-order valence-electron chi connectivity index (χ0n) is 12.3. The highest BCUT2D eigenvalue weighted by molar-refractivity contribution is 5.84. The number of ether oxygens (including phenoxy) is 1. The van der Waals surface area contributed by atoms with Crippen molar-refractivity contribution in [1.29, 1.82) is 0 Å². The number of anilines is 1. The Bertz CT molecular complexity index is 685. The van der Waals surface area contributed by atoms with Crippen LogP contribution < -0.4 is 10.1 Å². The summed E-state index contributed by atoms with van der Waals surface area (Å²) in [5.41, 5.74) is 0.405. The first-order valence-electron chi connectivity index (χ1n) is 6.46. The number of nitro benzene ring substituents is 1. The van der Waals surface area contributed by atoms with E-state index in [1.54, 1.807) is 6.07 Å². The average Bonchev–Trinajstić information content (AvgIpc) is 2.87. The Labute approximate surface area is 126 Å². The largest absolute Gasteiger partial charge is 0.419 e. The SMILES string of the molecule is CC(C)(C)c1cc(NC(=O)Oc2ccc([N+](=O)[O-])cc2)on1. The van der Waals surface area contributed by atoms with Gasteiger partial charge in [0.05, 0.1) is 10.6 Å². The second-order valence-corrected chi connectivity index (χ2v) is 5.59. The van der Waals surface area contributed by atoms with E-state index in [1.165, 1.54) is 24.3 Å². The molecule has 0 aliphatic rings. The molecule has 0 aliphatic carbocycles. The molecule has 0 fully saturated rings. The number of carbonyl (C=O) groups is 1. The Morgan fingerprint density at radius 3 is 2.45 bits per heavy atom. The van der Waals surface area contributed by atoms with Gasteiger partial charge in [-0.15, -0.1) is 0 Å². The molecule has 0 saturated carbocycles. The minimum absolute atomic E-state index is 0.0854. The van der Waals surface area contributed by atoms with Crippen molar-refractivity contribution in [2.45, 2.75) is 26.2 Å². The van der Waals surface area contributed by atoms with Gasteiger partial charge in [-0.1, -0.05) is 25.9 Å². The summed E-state index contributed by atoms with van der Waals surface area (Å²) in [6.07, 6.45) is -0.773. The number of non-ortho nitro benzene ring substituents is 1. The van der Waals surface area contributed by atoms with Gasteiger partial charge in [0.2, 0.25) is 5.88 Å². The van der Waals surface area contributed by atoms with Gasteiger partial charge >= 0.3 is 6.09 Å². The van der Waals surface area contributed by atoms with E-state index in [0.29, 0.717) is 5.69 Å². The van der Waals surface area contributed by atoms with Gasteiger partial charge in [0, 0.05) is 23.6 Å². The number of carbonyl (C=O) groups excluding carboxylic acids is 1. The van der Waals surface area contributed by atoms with Crippen molar-refractivity contribution in [1.82, 2.24) is 5.16 Å². The zero-order valence-corrected chi connectivity index (χ0v) is 12.3. The van der Waals surface area contributed by atoms with Crippen LogP contribution in [0.1, 0.15) is 26.5 Å². The number of benzene rings is 1. The minimum Gasteiger partial charge on any atom is -0.410 e. The van der Waals surface area contributed by atoms with E-state index in [1.807, 2.05) is 20.8 Å². The van der Waals surface area contributed by atoms with Gasteiger partial charge in [-0.25, -0.2) is 4.79 Å². The molecule has 1 N–H and O–H groups in total. The summed E-state index contributed by atoms with van der Waals surface area (Å²) >= 11 is 0. The van der Waals surface area contributed by atoms with E-state index in [0.717, 1.165) is 0 Å². The molecular weight excluding hydrogens is 290 g/mol. The van der Waals surface area contributed by atoms with Gasteiger partial charge in [0.25, 0.3) is 5.69 Å². The fourth-order valence-corrected chi connectivity index (χ4v) is 1.56. The monoisotopic (exact) mass is 305 g/mol. The quantitative estimate of drug-likeness (QED) is 0.687. The molecule has 2 aromatic rings. The lowest BCUT2D eigenvalue weighted by molar-refractivity contribution is -0.384. The molecule has 1 aromatic carbocycles. The van der Waals surface area contributed by atoms with E-state index in [9.17, 15) is 14.9 Å². The molecule has 2 rings (SSSR count). The van der Waals surface area contributed by atoms with Crippen LogP contribution in [0, 0.1) is 10.1 Å². The lowest BCUT2D eigenvalue weighted by atomic mass is 9.92. The van der Waals surface area contributed by atoms with Gasteiger partial charge in [0.15, 0.2) is 0 Å². The van der Waals surface area contributed by atoms with Crippen molar-refractivity contribution in [2.24, 2.45) is 0 Å². The Morgan fingerprint density at radius 2 is 1.95 bits per heavy atom. The molecule has 1 amide bonds. The van der Waals surface area contributed by atoms with Crippen LogP contribution in [-0.4, -0.2) is 16.2 Å². The first-order chi connectivity index (χ1) is 10.3. The molecule has 8 heteroatoms. The lowest BCUT2D eigenvalue weighted by Gasteiger charge is -2.12. The van der Waals surface area contributed by atoms with Gasteiger partial charge in [-0.2, -0.15) is 0 Å². The molecular formula is C14H15N3O5. The Morgan fingerprint density at radius 1 is 1.32 bits per heavy atom. The summed E-state index contributed by atoms with van der Waals surface area (Å²) in [6, 6.07) is 6.76. The number of rotatable bonds is 3.